The molecule has 0 saturated carbocycles. The fourth-order valence-electron chi connectivity index (χ4n) is 2.17. The number of hydrogen-bond acceptors (Lipinski definition) is 3. The number of ether oxygens (including phenoxy) is 1. The molecule has 2 rings (SSSR count). The lowest BCUT2D eigenvalue weighted by atomic mass is 10.0. The van der Waals surface area contributed by atoms with Crippen molar-refractivity contribution in [2.24, 2.45) is 0 Å². The Bertz CT molecular complexity index is 645. The van der Waals surface area contributed by atoms with Crippen LogP contribution in [0.4, 0.5) is 11.4 Å². The van der Waals surface area contributed by atoms with Crippen molar-refractivity contribution in [2.45, 2.75) is 19.8 Å². The van der Waals surface area contributed by atoms with E-state index in [0.29, 0.717) is 17.2 Å². The van der Waals surface area contributed by atoms with Crippen molar-refractivity contribution < 1.29 is 14.3 Å². The van der Waals surface area contributed by atoms with Crippen molar-refractivity contribution in [1.82, 2.24) is 0 Å². The minimum Gasteiger partial charge on any atom is -0.465 e. The fraction of sp³-hybridized carbons (Fsp3) is 0.222. The molecule has 2 aromatic rings. The van der Waals surface area contributed by atoms with Crippen LogP contribution in [0.3, 0.4) is 0 Å². The van der Waals surface area contributed by atoms with Crippen LogP contribution in [0.15, 0.2) is 48.5 Å². The molecule has 0 radical (unpaired) electrons. The minimum atomic E-state index is -0.398. The van der Waals surface area contributed by atoms with Gasteiger partial charge in [0.2, 0.25) is 6.41 Å². The number of anilines is 2. The first-order valence-electron chi connectivity index (χ1n) is 7.09. The average Bonchev–Trinajstić information content (AvgIpc) is 2.56. The number of carbonyl (C=O) groups is 2. The van der Waals surface area contributed by atoms with Crippen LogP contribution in [0.1, 0.15) is 35.7 Å². The molecule has 114 valence electrons. The Kier molecular flexibility index (Phi) is 4.94. The Labute approximate surface area is 130 Å². The number of benzene rings is 2. The monoisotopic (exact) mass is 297 g/mol. The van der Waals surface area contributed by atoms with E-state index in [1.807, 2.05) is 24.3 Å². The fourth-order valence-corrected chi connectivity index (χ4v) is 2.17. The van der Waals surface area contributed by atoms with Gasteiger partial charge in [-0.2, -0.15) is 0 Å². The number of amides is 1. The molecule has 0 aliphatic rings. The molecule has 2 aromatic carbocycles. The molecule has 22 heavy (non-hydrogen) atoms. The van der Waals surface area contributed by atoms with Crippen molar-refractivity contribution in [3.8, 4) is 0 Å². The molecule has 0 spiro atoms. The van der Waals surface area contributed by atoms with Gasteiger partial charge < -0.3 is 4.74 Å². The van der Waals surface area contributed by atoms with Crippen molar-refractivity contribution in [3.05, 3.63) is 59.7 Å². The molecule has 0 aliphatic carbocycles. The maximum absolute atomic E-state index is 11.4. The summed E-state index contributed by atoms with van der Waals surface area (Å²) in [6.07, 6.45) is 0.761. The lowest BCUT2D eigenvalue weighted by Crippen LogP contribution is -2.14. The van der Waals surface area contributed by atoms with E-state index < -0.39 is 5.97 Å². The summed E-state index contributed by atoms with van der Waals surface area (Å²) in [5.74, 6) is 0.0450. The summed E-state index contributed by atoms with van der Waals surface area (Å²) >= 11 is 0. The first-order valence-corrected chi connectivity index (χ1v) is 7.09. The molecule has 0 bridgehead atoms. The minimum absolute atomic E-state index is 0.398. The zero-order chi connectivity index (χ0) is 16.1. The smallest absolute Gasteiger partial charge is 0.337 e. The largest absolute Gasteiger partial charge is 0.465 e. The molecule has 0 N–H and O–H groups in total. The summed E-state index contributed by atoms with van der Waals surface area (Å²) in [6.45, 7) is 4.25. The summed E-state index contributed by atoms with van der Waals surface area (Å²) in [7, 11) is 1.34. The summed E-state index contributed by atoms with van der Waals surface area (Å²) < 4.78 is 4.66. The third kappa shape index (κ3) is 3.34. The molecule has 0 heterocycles. The first-order chi connectivity index (χ1) is 10.6. The molecular weight excluding hydrogens is 278 g/mol. The number of nitrogens with zero attached hydrogens (tertiary/aromatic N) is 1. The standard InChI is InChI=1S/C18H19NO3/c1-13(2)14-4-8-16(9-5-14)19(12-20)17-10-6-15(7-11-17)18(21)22-3/h4-13H,1-3H3. The van der Waals surface area contributed by atoms with Gasteiger partial charge in [0.05, 0.1) is 12.7 Å². The van der Waals surface area contributed by atoms with E-state index in [1.54, 1.807) is 24.3 Å². The van der Waals surface area contributed by atoms with Gasteiger partial charge in [-0.15, -0.1) is 0 Å². The predicted molar refractivity (Wildman–Crippen MR) is 86.5 cm³/mol. The number of carbonyl (C=O) groups excluding carboxylic acids is 2. The normalized spacial score (nSPS) is 10.4. The lowest BCUT2D eigenvalue weighted by Gasteiger charge is -2.18. The van der Waals surface area contributed by atoms with Crippen LogP contribution < -0.4 is 4.90 Å². The van der Waals surface area contributed by atoms with Crippen LogP contribution in [-0.2, 0) is 9.53 Å². The van der Waals surface area contributed by atoms with Gasteiger partial charge in [-0.1, -0.05) is 26.0 Å². The second-order valence-corrected chi connectivity index (χ2v) is 5.26. The van der Waals surface area contributed by atoms with Crippen LogP contribution in [-0.4, -0.2) is 19.5 Å². The summed E-state index contributed by atoms with van der Waals surface area (Å²) in [6, 6.07) is 14.6. The lowest BCUT2D eigenvalue weighted by molar-refractivity contribution is -0.106. The van der Waals surface area contributed by atoms with Gasteiger partial charge in [0.1, 0.15) is 0 Å². The predicted octanol–water partition coefficient (Wildman–Crippen LogP) is 3.89. The molecule has 0 unspecified atom stereocenters. The van der Waals surface area contributed by atoms with Gasteiger partial charge >= 0.3 is 5.97 Å². The summed E-state index contributed by atoms with van der Waals surface area (Å²) in [5.41, 5.74) is 3.15. The highest BCUT2D eigenvalue weighted by atomic mass is 16.5. The second kappa shape index (κ2) is 6.89. The van der Waals surface area contributed by atoms with Crippen LogP contribution in [0.2, 0.25) is 0 Å². The van der Waals surface area contributed by atoms with Gasteiger partial charge in [0.25, 0.3) is 0 Å². The van der Waals surface area contributed by atoms with Crippen LogP contribution in [0.5, 0.6) is 0 Å². The number of rotatable bonds is 5. The molecule has 0 fully saturated rings. The van der Waals surface area contributed by atoms with Crippen molar-refractivity contribution in [2.75, 3.05) is 12.0 Å². The third-order valence-electron chi connectivity index (χ3n) is 3.51. The zero-order valence-corrected chi connectivity index (χ0v) is 12.9. The van der Waals surface area contributed by atoms with Gasteiger partial charge in [0, 0.05) is 11.4 Å². The first kappa shape index (κ1) is 15.8. The molecule has 0 saturated heterocycles. The van der Waals surface area contributed by atoms with Crippen LogP contribution in [0.25, 0.3) is 0 Å². The van der Waals surface area contributed by atoms with Crippen LogP contribution >= 0.6 is 0 Å². The number of hydrogen-bond donors (Lipinski definition) is 0. The van der Waals surface area contributed by atoms with E-state index in [9.17, 15) is 9.59 Å². The molecule has 0 aliphatic heterocycles. The SMILES string of the molecule is COC(=O)c1ccc(N(C=O)c2ccc(C(C)C)cc2)cc1. The van der Waals surface area contributed by atoms with Gasteiger partial charge in [-0.3, -0.25) is 9.69 Å². The van der Waals surface area contributed by atoms with Crippen molar-refractivity contribution in [3.63, 3.8) is 0 Å². The maximum atomic E-state index is 11.4. The molecule has 0 atom stereocenters. The van der Waals surface area contributed by atoms with Gasteiger partial charge in [0.15, 0.2) is 0 Å². The molecule has 4 nitrogen and oxygen atoms in total. The Morgan fingerprint density at radius 1 is 1.00 bits per heavy atom. The zero-order valence-electron chi connectivity index (χ0n) is 12.9. The van der Waals surface area contributed by atoms with E-state index >= 15 is 0 Å². The Balaban J connectivity index is 2.27. The highest BCUT2D eigenvalue weighted by Crippen LogP contribution is 2.26. The number of methoxy groups -OCH3 is 1. The summed E-state index contributed by atoms with van der Waals surface area (Å²) in [4.78, 5) is 24.4. The Hall–Kier alpha value is -2.62. The quantitative estimate of drug-likeness (QED) is 0.621. The Morgan fingerprint density at radius 3 is 1.91 bits per heavy atom. The molecule has 4 heteroatoms. The second-order valence-electron chi connectivity index (χ2n) is 5.26. The molecule has 1 amide bonds. The molecular formula is C18H19NO3. The van der Waals surface area contributed by atoms with E-state index in [2.05, 4.69) is 18.6 Å². The van der Waals surface area contributed by atoms with E-state index in [1.165, 1.54) is 17.6 Å². The molecule has 0 aromatic heterocycles. The Morgan fingerprint density at radius 2 is 1.50 bits per heavy atom. The summed E-state index contributed by atoms with van der Waals surface area (Å²) in [5, 5.41) is 0. The van der Waals surface area contributed by atoms with E-state index in [0.717, 1.165) is 12.1 Å². The van der Waals surface area contributed by atoms with Crippen molar-refractivity contribution in [1.29, 1.82) is 0 Å². The van der Waals surface area contributed by atoms with E-state index in [-0.39, 0.29) is 0 Å². The van der Waals surface area contributed by atoms with Gasteiger partial charge in [-0.05, 0) is 47.9 Å². The van der Waals surface area contributed by atoms with E-state index in [4.69, 9.17) is 0 Å². The highest BCUT2D eigenvalue weighted by Gasteiger charge is 2.11. The van der Waals surface area contributed by atoms with Gasteiger partial charge in [-0.25, -0.2) is 4.79 Å². The topological polar surface area (TPSA) is 46.6 Å². The third-order valence-corrected chi connectivity index (χ3v) is 3.51. The van der Waals surface area contributed by atoms with Crippen molar-refractivity contribution >= 4 is 23.8 Å². The number of esters is 1. The van der Waals surface area contributed by atoms with Crippen LogP contribution in [0, 0.1) is 0 Å². The maximum Gasteiger partial charge on any atom is 0.337 e. The highest BCUT2D eigenvalue weighted by molar-refractivity contribution is 5.91. The average molecular weight is 297 g/mol.